The molecule has 0 spiro atoms. The van der Waals surface area contributed by atoms with Crippen LogP contribution in [0.3, 0.4) is 0 Å². The van der Waals surface area contributed by atoms with Gasteiger partial charge in [-0.1, -0.05) is 234 Å². The van der Waals surface area contributed by atoms with Crippen molar-refractivity contribution in [3.05, 3.63) is 72.9 Å². The van der Waals surface area contributed by atoms with Crippen LogP contribution in [0.15, 0.2) is 72.9 Å². The number of carbonyl (C=O) groups excluding carboxylic acids is 2. The maximum Gasteiger partial charge on any atom is 0.306 e. The molecule has 0 aromatic rings. The monoisotopic (exact) mass is 1030 g/mol. The Kier molecular flexibility index (Phi) is 51.4. The fourth-order valence-electron chi connectivity index (χ4n) is 8.15. The fraction of sp³-hybridized carbons (Fsp3) is 0.774. The number of ether oxygens (including phenoxy) is 2. The van der Waals surface area contributed by atoms with Crippen LogP contribution in [0, 0.1) is 0 Å². The summed E-state index contributed by atoms with van der Waals surface area (Å²) in [5.74, 6) is -0.837. The molecule has 418 valence electrons. The van der Waals surface area contributed by atoms with Gasteiger partial charge >= 0.3 is 11.9 Å². The molecule has 0 amide bonds. The van der Waals surface area contributed by atoms with Gasteiger partial charge in [0.25, 0.3) is 7.82 Å². The van der Waals surface area contributed by atoms with Crippen LogP contribution >= 0.6 is 7.82 Å². The summed E-state index contributed by atoms with van der Waals surface area (Å²) in [4.78, 5) is 37.9. The number of quaternary nitrogens is 1. The lowest BCUT2D eigenvalue weighted by Gasteiger charge is -2.28. The maximum atomic E-state index is 12.8. The van der Waals surface area contributed by atoms with Gasteiger partial charge in [0.15, 0.2) is 6.10 Å². The molecular weight excluding hydrogens is 918 g/mol. The smallest absolute Gasteiger partial charge is 0.306 e. The molecule has 0 aliphatic carbocycles. The Balaban J connectivity index is 4.18. The zero-order valence-corrected chi connectivity index (χ0v) is 48.3. The number of esters is 2. The predicted molar refractivity (Wildman–Crippen MR) is 305 cm³/mol. The minimum Gasteiger partial charge on any atom is -0.756 e. The van der Waals surface area contributed by atoms with Crippen molar-refractivity contribution in [2.45, 2.75) is 264 Å². The molecule has 0 aromatic heterocycles. The summed E-state index contributed by atoms with van der Waals surface area (Å²) in [5.41, 5.74) is 0. The number of carbonyl (C=O) groups is 2. The van der Waals surface area contributed by atoms with Gasteiger partial charge in [-0.3, -0.25) is 14.2 Å². The average Bonchev–Trinajstić information content (AvgIpc) is 3.34. The minimum absolute atomic E-state index is 0.0345. The highest BCUT2D eigenvalue weighted by Crippen LogP contribution is 2.38. The normalized spacial score (nSPS) is 13.8. The Bertz CT molecular complexity index is 1450. The van der Waals surface area contributed by atoms with Crippen LogP contribution in [0.25, 0.3) is 0 Å². The van der Waals surface area contributed by atoms with Crippen molar-refractivity contribution in [1.82, 2.24) is 0 Å². The van der Waals surface area contributed by atoms with Crippen molar-refractivity contribution in [1.29, 1.82) is 0 Å². The molecule has 0 bridgehead atoms. The van der Waals surface area contributed by atoms with Gasteiger partial charge in [0.2, 0.25) is 0 Å². The molecule has 0 radical (unpaired) electrons. The largest absolute Gasteiger partial charge is 0.756 e. The van der Waals surface area contributed by atoms with E-state index in [-0.39, 0.29) is 32.0 Å². The number of phosphoric acid groups is 1. The van der Waals surface area contributed by atoms with Gasteiger partial charge in [-0.05, 0) is 83.5 Å². The van der Waals surface area contributed by atoms with E-state index >= 15 is 0 Å². The van der Waals surface area contributed by atoms with E-state index in [1.54, 1.807) is 0 Å². The van der Waals surface area contributed by atoms with E-state index in [0.29, 0.717) is 17.4 Å². The van der Waals surface area contributed by atoms with Crippen LogP contribution in [0.5, 0.6) is 0 Å². The molecule has 0 aromatic carbocycles. The van der Waals surface area contributed by atoms with E-state index in [0.717, 1.165) is 77.0 Å². The van der Waals surface area contributed by atoms with Gasteiger partial charge in [0, 0.05) is 12.8 Å². The molecular formula is C62H112NO8P. The Hall–Kier alpha value is -2.55. The molecule has 0 saturated heterocycles. The van der Waals surface area contributed by atoms with Crippen molar-refractivity contribution in [2.75, 3.05) is 47.5 Å². The van der Waals surface area contributed by atoms with Gasteiger partial charge in [-0.2, -0.15) is 0 Å². The van der Waals surface area contributed by atoms with E-state index in [9.17, 15) is 19.0 Å². The lowest BCUT2D eigenvalue weighted by molar-refractivity contribution is -0.870. The molecule has 0 rings (SSSR count). The molecule has 2 unspecified atom stereocenters. The van der Waals surface area contributed by atoms with Gasteiger partial charge < -0.3 is 27.9 Å². The molecule has 9 nitrogen and oxygen atoms in total. The minimum atomic E-state index is -4.64. The Morgan fingerprint density at radius 1 is 0.444 bits per heavy atom. The highest BCUT2D eigenvalue weighted by Gasteiger charge is 2.22. The third kappa shape index (κ3) is 56.7. The Labute approximate surface area is 444 Å². The first kappa shape index (κ1) is 69.5. The van der Waals surface area contributed by atoms with Crippen molar-refractivity contribution < 1.29 is 42.1 Å². The number of rotatable bonds is 54. The number of unbranched alkanes of at least 4 members (excludes halogenated alkanes) is 28. The summed E-state index contributed by atoms with van der Waals surface area (Å²) in [5, 5.41) is 0. The summed E-state index contributed by atoms with van der Waals surface area (Å²) in [6.07, 6.45) is 69.4. The van der Waals surface area contributed by atoms with E-state index in [1.165, 1.54) is 148 Å². The molecule has 0 aliphatic heterocycles. The first-order chi connectivity index (χ1) is 35.0. The second-order valence-corrected chi connectivity index (χ2v) is 22.4. The number of phosphoric ester groups is 1. The van der Waals surface area contributed by atoms with Crippen LogP contribution in [-0.4, -0.2) is 70.0 Å². The summed E-state index contributed by atoms with van der Waals surface area (Å²) in [6, 6.07) is 0. The lowest BCUT2D eigenvalue weighted by Crippen LogP contribution is -2.37. The number of nitrogens with zero attached hydrogens (tertiary/aromatic N) is 1. The third-order valence-corrected chi connectivity index (χ3v) is 13.7. The second-order valence-electron chi connectivity index (χ2n) is 21.0. The standard InChI is InChI=1S/C62H112NO8P/c1-6-8-10-12-14-16-18-20-22-24-26-28-30-31-33-35-37-39-41-43-45-47-49-51-53-55-62(65)71-60(59-70-72(66,67)69-57-56-63(3,4)5)58-68-61(64)54-52-50-48-46-44-42-40-38-36-34-32-29-27-25-23-21-19-17-15-13-11-9-7-2/h8,10,14,16,20,22,25-28,31,33,60H,6-7,9,11-13,15,17-19,21,23-24,29-30,32,34-59H2,1-5H3/b10-8-,16-14-,22-20-,27-25-,28-26-,33-31-. The summed E-state index contributed by atoms with van der Waals surface area (Å²) >= 11 is 0. The van der Waals surface area contributed by atoms with Crippen molar-refractivity contribution >= 4 is 19.8 Å². The summed E-state index contributed by atoms with van der Waals surface area (Å²) < 4.78 is 34.2. The van der Waals surface area contributed by atoms with Crippen LogP contribution in [0.2, 0.25) is 0 Å². The van der Waals surface area contributed by atoms with E-state index < -0.39 is 26.5 Å². The first-order valence-electron chi connectivity index (χ1n) is 29.6. The average molecular weight is 1030 g/mol. The number of hydrogen-bond acceptors (Lipinski definition) is 8. The maximum absolute atomic E-state index is 12.8. The van der Waals surface area contributed by atoms with Gasteiger partial charge in [-0.15, -0.1) is 0 Å². The van der Waals surface area contributed by atoms with Crippen LogP contribution in [0.1, 0.15) is 258 Å². The van der Waals surface area contributed by atoms with Crippen LogP contribution < -0.4 is 4.89 Å². The number of likely N-dealkylation sites (N-methyl/N-ethyl adjacent to an activating group) is 1. The molecule has 0 N–H and O–H groups in total. The van der Waals surface area contributed by atoms with Crippen LogP contribution in [0.4, 0.5) is 0 Å². The van der Waals surface area contributed by atoms with Crippen molar-refractivity contribution in [3.63, 3.8) is 0 Å². The zero-order chi connectivity index (χ0) is 52.7. The highest BCUT2D eigenvalue weighted by molar-refractivity contribution is 7.45. The number of hydrogen-bond donors (Lipinski definition) is 0. The Morgan fingerprint density at radius 3 is 1.19 bits per heavy atom. The predicted octanol–water partition coefficient (Wildman–Crippen LogP) is 17.8. The lowest BCUT2D eigenvalue weighted by atomic mass is 10.0. The highest BCUT2D eigenvalue weighted by atomic mass is 31.2. The van der Waals surface area contributed by atoms with Crippen LogP contribution in [-0.2, 0) is 32.7 Å². The van der Waals surface area contributed by atoms with Crippen molar-refractivity contribution in [2.24, 2.45) is 0 Å². The second kappa shape index (κ2) is 53.3. The van der Waals surface area contributed by atoms with Gasteiger partial charge in [0.1, 0.15) is 19.8 Å². The van der Waals surface area contributed by atoms with Gasteiger partial charge in [0.05, 0.1) is 27.7 Å². The van der Waals surface area contributed by atoms with E-state index in [4.69, 9.17) is 18.5 Å². The molecule has 0 heterocycles. The van der Waals surface area contributed by atoms with E-state index in [2.05, 4.69) is 86.8 Å². The summed E-state index contributed by atoms with van der Waals surface area (Å²) in [7, 11) is 1.16. The van der Waals surface area contributed by atoms with E-state index in [1.807, 2.05) is 21.1 Å². The number of allylic oxidation sites excluding steroid dienone is 12. The Morgan fingerprint density at radius 2 is 0.792 bits per heavy atom. The zero-order valence-electron chi connectivity index (χ0n) is 47.4. The molecule has 0 aliphatic rings. The summed E-state index contributed by atoms with van der Waals surface area (Å²) in [6.45, 7) is 4.14. The molecule has 0 fully saturated rings. The van der Waals surface area contributed by atoms with Gasteiger partial charge in [-0.25, -0.2) is 0 Å². The SMILES string of the molecule is CC/C=C\C/C=C\C/C=C\C/C=C\C/C=C\CCCCCCCCCCCC(=O)OC(COC(=O)CCCCCCCCCCCCC/C=C\CCCCCCCCCC)COP(=O)([O-])OCC[N+](C)(C)C. The molecule has 10 heteroatoms. The topological polar surface area (TPSA) is 111 Å². The quantitative estimate of drug-likeness (QED) is 0.0195. The molecule has 72 heavy (non-hydrogen) atoms. The van der Waals surface area contributed by atoms with Crippen molar-refractivity contribution in [3.8, 4) is 0 Å². The third-order valence-electron chi connectivity index (χ3n) is 12.7. The first-order valence-corrected chi connectivity index (χ1v) is 31.1. The fourth-order valence-corrected chi connectivity index (χ4v) is 8.88. The molecule has 2 atom stereocenters. The molecule has 0 saturated carbocycles.